The molecule has 2 heterocycles. The Balaban J connectivity index is 1.86. The van der Waals surface area contributed by atoms with Crippen molar-refractivity contribution in [3.05, 3.63) is 35.5 Å². The molecule has 0 amide bonds. The third-order valence-corrected chi connectivity index (χ3v) is 8.18. The first-order valence-electron chi connectivity index (χ1n) is 12.7. The average molecular weight is 530 g/mol. The molecule has 0 aliphatic heterocycles. The Labute approximate surface area is 218 Å². The van der Waals surface area contributed by atoms with E-state index in [0.717, 1.165) is 18.9 Å². The quantitative estimate of drug-likeness (QED) is 0.166. The molecule has 10 heteroatoms. The van der Waals surface area contributed by atoms with Gasteiger partial charge in [-0.1, -0.05) is 19.6 Å². The van der Waals surface area contributed by atoms with Crippen molar-refractivity contribution in [2.45, 2.75) is 59.1 Å². The SMILES string of the molecule is CCOC(=O)c1c(C)n(COCC[Si](C)(C)C)c2c(-c3cc(OC)c(F)cc3OCC3CC3)ncnc12. The zero-order valence-electron chi connectivity index (χ0n) is 22.5. The zero-order valence-corrected chi connectivity index (χ0v) is 23.5. The van der Waals surface area contributed by atoms with Crippen LogP contribution < -0.4 is 9.47 Å². The van der Waals surface area contributed by atoms with E-state index in [4.69, 9.17) is 18.9 Å². The minimum atomic E-state index is -1.29. The fraction of sp³-hybridized carbons (Fsp3) is 0.519. The number of aromatic nitrogens is 3. The molecule has 0 bridgehead atoms. The molecule has 3 aromatic rings. The highest BCUT2D eigenvalue weighted by Gasteiger charge is 2.28. The summed E-state index contributed by atoms with van der Waals surface area (Å²) in [5.41, 5.74) is 3.14. The Hall–Kier alpha value is -2.98. The molecule has 0 spiro atoms. The highest BCUT2D eigenvalue weighted by atomic mass is 28.3. The van der Waals surface area contributed by atoms with Crippen LogP contribution in [0.3, 0.4) is 0 Å². The predicted molar refractivity (Wildman–Crippen MR) is 142 cm³/mol. The minimum absolute atomic E-state index is 0.0763. The monoisotopic (exact) mass is 529 g/mol. The van der Waals surface area contributed by atoms with Crippen LogP contribution in [0.4, 0.5) is 4.39 Å². The van der Waals surface area contributed by atoms with E-state index < -0.39 is 19.9 Å². The first kappa shape index (κ1) is 27.1. The standard InChI is InChI=1S/C27H36FN3O5Si/c1-7-35-27(32)23-17(2)31(16-34-10-11-37(4,5)6)26-24(29-15-30-25(23)26)19-12-22(33-3)20(28)13-21(19)36-14-18-8-9-18/h12-13,15,18H,7-11,14,16H2,1-6H3. The number of rotatable bonds is 12. The van der Waals surface area contributed by atoms with Crippen molar-refractivity contribution in [3.8, 4) is 22.8 Å². The fourth-order valence-corrected chi connectivity index (χ4v) is 4.88. The molecule has 0 saturated heterocycles. The van der Waals surface area contributed by atoms with Crippen LogP contribution in [0.15, 0.2) is 18.5 Å². The third-order valence-electron chi connectivity index (χ3n) is 6.47. The van der Waals surface area contributed by atoms with Gasteiger partial charge in [0.15, 0.2) is 11.6 Å². The topological polar surface area (TPSA) is 84.7 Å². The van der Waals surface area contributed by atoms with Gasteiger partial charge in [0.2, 0.25) is 0 Å². The van der Waals surface area contributed by atoms with Gasteiger partial charge < -0.3 is 23.5 Å². The van der Waals surface area contributed by atoms with E-state index in [-0.39, 0.29) is 19.1 Å². The molecule has 0 N–H and O–H groups in total. The largest absolute Gasteiger partial charge is 0.494 e. The Morgan fingerprint density at radius 3 is 2.59 bits per heavy atom. The molecule has 8 nitrogen and oxygen atoms in total. The summed E-state index contributed by atoms with van der Waals surface area (Å²) in [6.45, 7) is 12.0. The van der Waals surface area contributed by atoms with Gasteiger partial charge in [0.25, 0.3) is 0 Å². The number of ether oxygens (including phenoxy) is 4. The van der Waals surface area contributed by atoms with Gasteiger partial charge in [0.05, 0.1) is 25.8 Å². The highest BCUT2D eigenvalue weighted by molar-refractivity contribution is 6.76. The lowest BCUT2D eigenvalue weighted by molar-refractivity contribution is 0.0525. The van der Waals surface area contributed by atoms with Gasteiger partial charge >= 0.3 is 5.97 Å². The molecule has 1 aromatic carbocycles. The summed E-state index contributed by atoms with van der Waals surface area (Å²) >= 11 is 0. The number of methoxy groups -OCH3 is 1. The number of carbonyl (C=O) groups excluding carboxylic acids is 1. The number of fused-ring (bicyclic) bond motifs is 1. The van der Waals surface area contributed by atoms with Crippen LogP contribution in [0.5, 0.6) is 11.5 Å². The van der Waals surface area contributed by atoms with E-state index in [0.29, 0.717) is 58.4 Å². The van der Waals surface area contributed by atoms with Crippen LogP contribution in [0.1, 0.15) is 35.8 Å². The lowest BCUT2D eigenvalue weighted by Gasteiger charge is -2.17. The second kappa shape index (κ2) is 11.2. The van der Waals surface area contributed by atoms with Crippen molar-refractivity contribution in [1.29, 1.82) is 0 Å². The van der Waals surface area contributed by atoms with E-state index in [9.17, 15) is 9.18 Å². The van der Waals surface area contributed by atoms with Gasteiger partial charge in [-0.05, 0) is 44.7 Å². The predicted octanol–water partition coefficient (Wildman–Crippen LogP) is 5.83. The van der Waals surface area contributed by atoms with Crippen LogP contribution in [-0.2, 0) is 16.2 Å². The number of carbonyl (C=O) groups is 1. The van der Waals surface area contributed by atoms with Crippen molar-refractivity contribution in [3.63, 3.8) is 0 Å². The van der Waals surface area contributed by atoms with Gasteiger partial charge in [-0.25, -0.2) is 19.2 Å². The van der Waals surface area contributed by atoms with Crippen LogP contribution in [-0.4, -0.2) is 55.5 Å². The molecule has 0 atom stereocenters. The molecule has 0 unspecified atom stereocenters. The van der Waals surface area contributed by atoms with Crippen LogP contribution in [0, 0.1) is 18.7 Å². The van der Waals surface area contributed by atoms with E-state index in [1.807, 2.05) is 11.5 Å². The molecule has 1 saturated carbocycles. The first-order valence-corrected chi connectivity index (χ1v) is 16.4. The smallest absolute Gasteiger partial charge is 0.342 e. The maximum Gasteiger partial charge on any atom is 0.342 e. The second-order valence-electron chi connectivity index (χ2n) is 10.6. The van der Waals surface area contributed by atoms with Gasteiger partial charge in [-0.2, -0.15) is 0 Å². The Morgan fingerprint density at radius 1 is 1.19 bits per heavy atom. The van der Waals surface area contributed by atoms with Crippen molar-refractivity contribution in [2.75, 3.05) is 26.9 Å². The summed E-state index contributed by atoms with van der Waals surface area (Å²) in [7, 11) is 0.132. The molecule has 1 aliphatic rings. The van der Waals surface area contributed by atoms with E-state index in [1.54, 1.807) is 13.0 Å². The Morgan fingerprint density at radius 2 is 1.95 bits per heavy atom. The number of hydrogen-bond donors (Lipinski definition) is 0. The molecule has 1 fully saturated rings. The average Bonchev–Trinajstić information content (AvgIpc) is 3.62. The van der Waals surface area contributed by atoms with Crippen molar-refractivity contribution in [2.24, 2.45) is 5.92 Å². The van der Waals surface area contributed by atoms with Crippen LogP contribution in [0.2, 0.25) is 25.7 Å². The summed E-state index contributed by atoms with van der Waals surface area (Å²) in [4.78, 5) is 22.0. The molecule has 0 radical (unpaired) electrons. The molecular formula is C27H36FN3O5Si. The molecular weight excluding hydrogens is 493 g/mol. The molecule has 2 aromatic heterocycles. The first-order chi connectivity index (χ1) is 17.6. The van der Waals surface area contributed by atoms with Gasteiger partial charge in [-0.3, -0.25) is 0 Å². The van der Waals surface area contributed by atoms with Crippen LogP contribution >= 0.6 is 0 Å². The molecule has 200 valence electrons. The van der Waals surface area contributed by atoms with Gasteiger partial charge in [0.1, 0.15) is 35.6 Å². The highest BCUT2D eigenvalue weighted by Crippen LogP contribution is 2.40. The summed E-state index contributed by atoms with van der Waals surface area (Å²) in [6.07, 6.45) is 3.60. The van der Waals surface area contributed by atoms with Crippen molar-refractivity contribution >= 4 is 25.1 Å². The van der Waals surface area contributed by atoms with Gasteiger partial charge in [0, 0.05) is 32.0 Å². The Bertz CT molecular complexity index is 1280. The number of nitrogens with zero attached hydrogens (tertiary/aromatic N) is 3. The third kappa shape index (κ3) is 6.12. The molecule has 1 aliphatic carbocycles. The molecule has 37 heavy (non-hydrogen) atoms. The number of halogens is 1. The molecule has 4 rings (SSSR count). The minimum Gasteiger partial charge on any atom is -0.494 e. The summed E-state index contributed by atoms with van der Waals surface area (Å²) in [6, 6.07) is 3.93. The summed E-state index contributed by atoms with van der Waals surface area (Å²) in [5.74, 6) is -0.0572. The zero-order chi connectivity index (χ0) is 26.7. The maximum atomic E-state index is 14.7. The Kier molecular flexibility index (Phi) is 8.18. The number of benzene rings is 1. The van der Waals surface area contributed by atoms with Crippen molar-refractivity contribution in [1.82, 2.24) is 14.5 Å². The lowest BCUT2D eigenvalue weighted by atomic mass is 10.1. The summed E-state index contributed by atoms with van der Waals surface area (Å²) < 4.78 is 39.4. The van der Waals surface area contributed by atoms with E-state index in [2.05, 4.69) is 29.6 Å². The van der Waals surface area contributed by atoms with Crippen molar-refractivity contribution < 1.29 is 28.1 Å². The van der Waals surface area contributed by atoms with E-state index >= 15 is 0 Å². The summed E-state index contributed by atoms with van der Waals surface area (Å²) in [5, 5.41) is 0. The van der Waals surface area contributed by atoms with Gasteiger partial charge in [-0.15, -0.1) is 0 Å². The number of esters is 1. The maximum absolute atomic E-state index is 14.7. The fourth-order valence-electron chi connectivity index (χ4n) is 4.12. The number of hydrogen-bond acceptors (Lipinski definition) is 7. The second-order valence-corrected chi connectivity index (χ2v) is 16.2. The van der Waals surface area contributed by atoms with E-state index in [1.165, 1.54) is 19.5 Å². The van der Waals surface area contributed by atoms with Crippen LogP contribution in [0.25, 0.3) is 22.3 Å². The lowest BCUT2D eigenvalue weighted by Crippen LogP contribution is -2.22. The normalized spacial score (nSPS) is 13.7.